The van der Waals surface area contributed by atoms with Crippen LogP contribution in [0.1, 0.15) is 58.3 Å². The predicted molar refractivity (Wildman–Crippen MR) is 108 cm³/mol. The normalized spacial score (nSPS) is 16.5. The van der Waals surface area contributed by atoms with Gasteiger partial charge in [0.05, 0.1) is 12.7 Å². The average molecular weight is 441 g/mol. The van der Waals surface area contributed by atoms with E-state index in [1.54, 1.807) is 7.11 Å². The lowest BCUT2D eigenvalue weighted by Crippen LogP contribution is -2.39. The molecule has 0 heterocycles. The van der Waals surface area contributed by atoms with Crippen molar-refractivity contribution in [1.82, 2.24) is 10.6 Å². The van der Waals surface area contributed by atoms with Crippen molar-refractivity contribution >= 4 is 29.9 Å². The van der Waals surface area contributed by atoms with Crippen LogP contribution in [-0.4, -0.2) is 52.0 Å². The highest BCUT2D eigenvalue weighted by atomic mass is 127. The zero-order chi connectivity index (χ0) is 15.9. The van der Waals surface area contributed by atoms with E-state index in [4.69, 9.17) is 9.47 Å². The molecule has 0 aromatic heterocycles. The van der Waals surface area contributed by atoms with Crippen LogP contribution in [0.5, 0.6) is 0 Å². The third-order valence-corrected chi connectivity index (χ3v) is 3.92. The van der Waals surface area contributed by atoms with Gasteiger partial charge >= 0.3 is 0 Å². The second-order valence-electron chi connectivity index (χ2n) is 5.87. The molecule has 0 spiro atoms. The van der Waals surface area contributed by atoms with Crippen LogP contribution < -0.4 is 10.6 Å². The molecule has 0 radical (unpaired) electrons. The van der Waals surface area contributed by atoms with Gasteiger partial charge in [-0.05, 0) is 32.6 Å². The van der Waals surface area contributed by atoms with Gasteiger partial charge in [-0.2, -0.15) is 0 Å². The van der Waals surface area contributed by atoms with Gasteiger partial charge in [-0.1, -0.05) is 25.7 Å². The Morgan fingerprint density at radius 1 is 1.04 bits per heavy atom. The van der Waals surface area contributed by atoms with Crippen molar-refractivity contribution in [2.75, 3.05) is 40.0 Å². The Labute approximate surface area is 159 Å². The summed E-state index contributed by atoms with van der Waals surface area (Å²) in [6, 6.07) is 0. The Bertz CT molecular complexity index is 283. The molecule has 6 heteroatoms. The van der Waals surface area contributed by atoms with Gasteiger partial charge in [-0.3, -0.25) is 4.99 Å². The Hall–Kier alpha value is -0.0800. The van der Waals surface area contributed by atoms with E-state index < -0.39 is 0 Å². The Morgan fingerprint density at radius 2 is 1.78 bits per heavy atom. The molecule has 0 aromatic rings. The highest BCUT2D eigenvalue weighted by Crippen LogP contribution is 2.19. The number of rotatable bonds is 10. The van der Waals surface area contributed by atoms with E-state index in [-0.39, 0.29) is 24.0 Å². The number of hydrogen-bond donors (Lipinski definition) is 2. The van der Waals surface area contributed by atoms with Crippen LogP contribution in [0.3, 0.4) is 0 Å². The molecule has 0 bridgehead atoms. The van der Waals surface area contributed by atoms with Crippen molar-refractivity contribution in [3.05, 3.63) is 0 Å². The monoisotopic (exact) mass is 441 g/mol. The van der Waals surface area contributed by atoms with Crippen molar-refractivity contribution in [2.45, 2.75) is 64.4 Å². The topological polar surface area (TPSA) is 54.9 Å². The summed E-state index contributed by atoms with van der Waals surface area (Å²) in [5.41, 5.74) is 0. The van der Waals surface area contributed by atoms with Crippen LogP contribution >= 0.6 is 24.0 Å². The maximum atomic E-state index is 6.00. The number of aliphatic imine (C=N–C) groups is 1. The van der Waals surface area contributed by atoms with Crippen LogP contribution in [0, 0.1) is 0 Å². The van der Waals surface area contributed by atoms with Crippen molar-refractivity contribution < 1.29 is 9.47 Å². The second kappa shape index (κ2) is 16.8. The van der Waals surface area contributed by atoms with Crippen molar-refractivity contribution in [1.29, 1.82) is 0 Å². The van der Waals surface area contributed by atoms with Gasteiger partial charge in [0.25, 0.3) is 0 Å². The lowest BCUT2D eigenvalue weighted by atomic mass is 10.1. The maximum absolute atomic E-state index is 6.00. The van der Waals surface area contributed by atoms with Gasteiger partial charge in [0.1, 0.15) is 0 Å². The second-order valence-corrected chi connectivity index (χ2v) is 5.87. The molecule has 138 valence electrons. The Morgan fingerprint density at radius 3 is 2.43 bits per heavy atom. The molecule has 0 unspecified atom stereocenters. The molecule has 1 rings (SSSR count). The van der Waals surface area contributed by atoms with Gasteiger partial charge in [-0.15, -0.1) is 24.0 Å². The average Bonchev–Trinajstić information content (AvgIpc) is 2.79. The van der Waals surface area contributed by atoms with Gasteiger partial charge in [0.15, 0.2) is 5.96 Å². The molecule has 0 atom stereocenters. The molecule has 0 saturated heterocycles. The number of halogens is 1. The standard InChI is InChI=1S/C17H35N3O2.HI/c1-3-18-17(20-13-15-21-2)19-12-8-9-14-22-16-10-6-4-5-7-11-16;/h16H,3-15H2,1-2H3,(H2,18,19,20);1H. The summed E-state index contributed by atoms with van der Waals surface area (Å²) in [6.07, 6.45) is 10.7. The van der Waals surface area contributed by atoms with E-state index in [0.29, 0.717) is 12.7 Å². The van der Waals surface area contributed by atoms with E-state index in [0.717, 1.165) is 45.0 Å². The SMILES string of the molecule is CCNC(=NCCCCOC1CCCCCC1)NCCOC.I. The molecule has 1 aliphatic carbocycles. The molecule has 0 amide bonds. The van der Waals surface area contributed by atoms with Crippen molar-refractivity contribution in [3.63, 3.8) is 0 Å². The summed E-state index contributed by atoms with van der Waals surface area (Å²) >= 11 is 0. The van der Waals surface area contributed by atoms with E-state index in [9.17, 15) is 0 Å². The summed E-state index contributed by atoms with van der Waals surface area (Å²) < 4.78 is 11.0. The molecular weight excluding hydrogens is 405 g/mol. The summed E-state index contributed by atoms with van der Waals surface area (Å²) in [5.74, 6) is 0.879. The largest absolute Gasteiger partial charge is 0.383 e. The highest BCUT2D eigenvalue weighted by molar-refractivity contribution is 14.0. The van der Waals surface area contributed by atoms with Gasteiger partial charge in [0.2, 0.25) is 0 Å². The summed E-state index contributed by atoms with van der Waals surface area (Å²) in [7, 11) is 1.71. The minimum atomic E-state index is 0. The minimum Gasteiger partial charge on any atom is -0.383 e. The van der Waals surface area contributed by atoms with E-state index in [1.165, 1.54) is 38.5 Å². The van der Waals surface area contributed by atoms with Crippen LogP contribution in [0.2, 0.25) is 0 Å². The van der Waals surface area contributed by atoms with Crippen LogP contribution in [0.25, 0.3) is 0 Å². The van der Waals surface area contributed by atoms with Crippen molar-refractivity contribution in [2.24, 2.45) is 4.99 Å². The molecule has 0 aromatic carbocycles. The molecule has 0 aliphatic heterocycles. The first kappa shape index (κ1) is 22.9. The lowest BCUT2D eigenvalue weighted by Gasteiger charge is -2.15. The number of nitrogens with zero attached hydrogens (tertiary/aromatic N) is 1. The van der Waals surface area contributed by atoms with Crippen LogP contribution in [-0.2, 0) is 9.47 Å². The fourth-order valence-electron chi connectivity index (χ4n) is 2.68. The maximum Gasteiger partial charge on any atom is 0.191 e. The first-order valence-corrected chi connectivity index (χ1v) is 8.99. The molecule has 23 heavy (non-hydrogen) atoms. The third-order valence-electron chi connectivity index (χ3n) is 3.92. The number of guanidine groups is 1. The molecular formula is C17H36IN3O2. The van der Waals surface area contributed by atoms with Crippen LogP contribution in [0.15, 0.2) is 4.99 Å². The smallest absolute Gasteiger partial charge is 0.191 e. The van der Waals surface area contributed by atoms with Gasteiger partial charge in [-0.25, -0.2) is 0 Å². The molecule has 1 fully saturated rings. The quantitative estimate of drug-likeness (QED) is 0.180. The van der Waals surface area contributed by atoms with Crippen molar-refractivity contribution in [3.8, 4) is 0 Å². The van der Waals surface area contributed by atoms with E-state index in [2.05, 4.69) is 22.5 Å². The summed E-state index contributed by atoms with van der Waals surface area (Å²) in [5, 5.41) is 6.50. The Kier molecular flexibility index (Phi) is 16.7. The minimum absolute atomic E-state index is 0. The number of hydrogen-bond acceptors (Lipinski definition) is 3. The summed E-state index contributed by atoms with van der Waals surface area (Å²) in [4.78, 5) is 4.57. The Balaban J connectivity index is 0.00000484. The summed E-state index contributed by atoms with van der Waals surface area (Å²) in [6.45, 7) is 6.16. The molecule has 5 nitrogen and oxygen atoms in total. The van der Waals surface area contributed by atoms with Gasteiger partial charge < -0.3 is 20.1 Å². The third kappa shape index (κ3) is 12.9. The predicted octanol–water partition coefficient (Wildman–Crippen LogP) is 3.33. The number of nitrogens with one attached hydrogen (secondary N) is 2. The van der Waals surface area contributed by atoms with Crippen LogP contribution in [0.4, 0.5) is 0 Å². The molecule has 2 N–H and O–H groups in total. The highest BCUT2D eigenvalue weighted by Gasteiger charge is 2.11. The zero-order valence-electron chi connectivity index (χ0n) is 14.9. The number of ether oxygens (including phenoxy) is 2. The molecule has 1 aliphatic rings. The number of methoxy groups -OCH3 is 1. The first-order valence-electron chi connectivity index (χ1n) is 8.99. The molecule has 1 saturated carbocycles. The van der Waals surface area contributed by atoms with E-state index >= 15 is 0 Å². The fraction of sp³-hybridized carbons (Fsp3) is 0.941. The first-order chi connectivity index (χ1) is 10.9. The van der Waals surface area contributed by atoms with Gasteiger partial charge in [0, 0.05) is 33.4 Å². The number of unbranched alkanes of at least 4 members (excludes halogenated alkanes) is 1. The lowest BCUT2D eigenvalue weighted by molar-refractivity contribution is 0.0413. The zero-order valence-corrected chi connectivity index (χ0v) is 17.3. The fourth-order valence-corrected chi connectivity index (χ4v) is 2.68. The van der Waals surface area contributed by atoms with E-state index in [1.807, 2.05) is 0 Å².